The lowest BCUT2D eigenvalue weighted by atomic mass is 10.1. The molecule has 0 bridgehead atoms. The maximum atomic E-state index is 12.2. The summed E-state index contributed by atoms with van der Waals surface area (Å²) in [6.45, 7) is 2.80. The van der Waals surface area contributed by atoms with Crippen LogP contribution in [0.25, 0.3) is 11.2 Å². The fourth-order valence-electron chi connectivity index (χ4n) is 3.31. The van der Waals surface area contributed by atoms with Crippen LogP contribution in [0.15, 0.2) is 67.1 Å². The number of nitrogens with zero attached hydrogens (tertiary/aromatic N) is 4. The van der Waals surface area contributed by atoms with Crippen LogP contribution in [0.5, 0.6) is 0 Å². The van der Waals surface area contributed by atoms with Gasteiger partial charge >= 0.3 is 0 Å². The van der Waals surface area contributed by atoms with Gasteiger partial charge in [0.15, 0.2) is 5.65 Å². The van der Waals surface area contributed by atoms with Crippen LogP contribution in [0, 0.1) is 6.92 Å². The van der Waals surface area contributed by atoms with Crippen LogP contribution in [-0.2, 0) is 17.8 Å². The number of anilines is 1. The first-order valence-electron chi connectivity index (χ1n) is 9.74. The van der Waals surface area contributed by atoms with Crippen molar-refractivity contribution < 1.29 is 4.79 Å². The second-order valence-corrected chi connectivity index (χ2v) is 7.09. The van der Waals surface area contributed by atoms with Crippen molar-refractivity contribution in [3.8, 4) is 0 Å². The van der Waals surface area contributed by atoms with Crippen LogP contribution in [0.4, 0.5) is 5.69 Å². The van der Waals surface area contributed by atoms with Crippen molar-refractivity contribution in [2.24, 2.45) is 0 Å². The number of hydrogen-bond acceptors (Lipinski definition) is 4. The van der Waals surface area contributed by atoms with E-state index < -0.39 is 0 Å². The van der Waals surface area contributed by atoms with Gasteiger partial charge in [0.2, 0.25) is 5.91 Å². The Bertz CT molecular complexity index is 1100. The van der Waals surface area contributed by atoms with Gasteiger partial charge in [-0.15, -0.1) is 0 Å². The zero-order valence-electron chi connectivity index (χ0n) is 16.4. The van der Waals surface area contributed by atoms with Gasteiger partial charge in [0.1, 0.15) is 11.3 Å². The minimum absolute atomic E-state index is 0.0164. The molecule has 6 heteroatoms. The Morgan fingerprint density at radius 2 is 1.90 bits per heavy atom. The lowest BCUT2D eigenvalue weighted by Gasteiger charge is -2.09. The van der Waals surface area contributed by atoms with Crippen molar-refractivity contribution in [3.05, 3.63) is 84.1 Å². The summed E-state index contributed by atoms with van der Waals surface area (Å²) in [6, 6.07) is 16.0. The molecule has 0 saturated carbocycles. The average Bonchev–Trinajstić information content (AvgIpc) is 3.08. The molecule has 0 aliphatic carbocycles. The van der Waals surface area contributed by atoms with Gasteiger partial charge in [-0.2, -0.15) is 0 Å². The number of rotatable bonds is 7. The van der Waals surface area contributed by atoms with Crippen molar-refractivity contribution in [1.82, 2.24) is 19.5 Å². The average molecular weight is 385 g/mol. The number of fused-ring (bicyclic) bond motifs is 1. The Morgan fingerprint density at radius 1 is 1.07 bits per heavy atom. The lowest BCUT2D eigenvalue weighted by molar-refractivity contribution is -0.116. The van der Waals surface area contributed by atoms with Gasteiger partial charge in [0, 0.05) is 25.2 Å². The topological polar surface area (TPSA) is 72.7 Å². The third-order valence-electron chi connectivity index (χ3n) is 4.79. The summed E-state index contributed by atoms with van der Waals surface area (Å²) < 4.78 is 2.15. The zero-order valence-corrected chi connectivity index (χ0v) is 16.4. The molecule has 0 radical (unpaired) electrons. The number of hydrogen-bond donors (Lipinski definition) is 1. The molecule has 6 nitrogen and oxygen atoms in total. The molecule has 1 N–H and O–H groups in total. The second-order valence-electron chi connectivity index (χ2n) is 7.09. The van der Waals surface area contributed by atoms with E-state index in [-0.39, 0.29) is 5.91 Å². The summed E-state index contributed by atoms with van der Waals surface area (Å²) in [7, 11) is 0. The Balaban J connectivity index is 1.46. The van der Waals surface area contributed by atoms with Crippen LogP contribution in [-0.4, -0.2) is 25.4 Å². The van der Waals surface area contributed by atoms with Gasteiger partial charge < -0.3 is 9.88 Å². The standard InChI is InChI=1S/C23H23N5O/c1-17-9-11-18(12-10-17)16-28-21(27-20-6-4-14-25-23(20)28)7-2-8-22(29)26-19-5-3-13-24-15-19/h3-6,9-15H,2,7-8,16H2,1H3,(H,26,29). The van der Waals surface area contributed by atoms with E-state index in [9.17, 15) is 4.79 Å². The van der Waals surface area contributed by atoms with Crippen molar-refractivity contribution in [3.63, 3.8) is 0 Å². The van der Waals surface area contributed by atoms with Crippen LogP contribution in [0.2, 0.25) is 0 Å². The smallest absolute Gasteiger partial charge is 0.224 e. The van der Waals surface area contributed by atoms with Gasteiger partial charge in [0.25, 0.3) is 0 Å². The Kier molecular flexibility index (Phi) is 5.61. The Labute approximate surface area is 169 Å². The summed E-state index contributed by atoms with van der Waals surface area (Å²) in [6.07, 6.45) is 6.97. The SMILES string of the molecule is Cc1ccc(Cn2c(CCCC(=O)Nc3cccnc3)nc3cccnc32)cc1. The molecule has 29 heavy (non-hydrogen) atoms. The first-order valence-corrected chi connectivity index (χ1v) is 9.74. The number of aromatic nitrogens is 4. The van der Waals surface area contributed by atoms with Crippen molar-refractivity contribution in [2.75, 3.05) is 5.32 Å². The predicted molar refractivity (Wildman–Crippen MR) is 114 cm³/mol. The van der Waals surface area contributed by atoms with E-state index in [0.717, 1.165) is 17.0 Å². The summed E-state index contributed by atoms with van der Waals surface area (Å²) in [4.78, 5) is 25.5. The first kappa shape index (κ1) is 18.8. The van der Waals surface area contributed by atoms with Gasteiger partial charge in [-0.05, 0) is 43.2 Å². The fraction of sp³-hybridized carbons (Fsp3) is 0.217. The predicted octanol–water partition coefficient (Wildman–Crippen LogP) is 4.14. The Morgan fingerprint density at radius 3 is 2.69 bits per heavy atom. The lowest BCUT2D eigenvalue weighted by Crippen LogP contribution is -2.12. The van der Waals surface area contributed by atoms with E-state index in [2.05, 4.69) is 51.0 Å². The molecule has 0 spiro atoms. The highest BCUT2D eigenvalue weighted by molar-refractivity contribution is 5.90. The number of carbonyl (C=O) groups is 1. The highest BCUT2D eigenvalue weighted by atomic mass is 16.1. The van der Waals surface area contributed by atoms with E-state index in [1.54, 1.807) is 24.7 Å². The first-order chi connectivity index (χ1) is 14.2. The molecule has 0 saturated heterocycles. The van der Waals surface area contributed by atoms with Gasteiger partial charge in [-0.1, -0.05) is 29.8 Å². The monoisotopic (exact) mass is 385 g/mol. The third kappa shape index (κ3) is 4.66. The minimum atomic E-state index is -0.0164. The summed E-state index contributed by atoms with van der Waals surface area (Å²) in [5, 5.41) is 2.87. The number of benzene rings is 1. The molecule has 3 heterocycles. The molecule has 0 unspecified atom stereocenters. The van der Waals surface area contributed by atoms with Gasteiger partial charge in [-0.3, -0.25) is 9.78 Å². The Hall–Kier alpha value is -3.54. The number of pyridine rings is 2. The highest BCUT2D eigenvalue weighted by Crippen LogP contribution is 2.18. The van der Waals surface area contributed by atoms with E-state index >= 15 is 0 Å². The molecule has 0 atom stereocenters. The number of carbonyl (C=O) groups excluding carboxylic acids is 1. The van der Waals surface area contributed by atoms with Crippen LogP contribution in [0.1, 0.15) is 29.8 Å². The molecular weight excluding hydrogens is 362 g/mol. The molecular formula is C23H23N5O. The molecule has 4 rings (SSSR count). The maximum absolute atomic E-state index is 12.2. The number of nitrogens with one attached hydrogen (secondary N) is 1. The molecule has 0 aliphatic rings. The minimum Gasteiger partial charge on any atom is -0.325 e. The molecule has 1 amide bonds. The highest BCUT2D eigenvalue weighted by Gasteiger charge is 2.13. The van der Waals surface area contributed by atoms with E-state index in [4.69, 9.17) is 4.98 Å². The van der Waals surface area contributed by atoms with E-state index in [1.807, 2.05) is 18.2 Å². The molecule has 146 valence electrons. The zero-order chi connectivity index (χ0) is 20.1. The summed E-state index contributed by atoms with van der Waals surface area (Å²) in [5.41, 5.74) is 4.92. The van der Waals surface area contributed by atoms with Gasteiger partial charge in [0.05, 0.1) is 18.4 Å². The van der Waals surface area contributed by atoms with E-state index in [1.165, 1.54) is 11.1 Å². The van der Waals surface area contributed by atoms with Crippen molar-refractivity contribution in [2.45, 2.75) is 32.7 Å². The third-order valence-corrected chi connectivity index (χ3v) is 4.79. The normalized spacial score (nSPS) is 10.9. The van der Waals surface area contributed by atoms with Crippen LogP contribution < -0.4 is 5.32 Å². The maximum Gasteiger partial charge on any atom is 0.224 e. The molecule has 1 aromatic carbocycles. The number of amides is 1. The second kappa shape index (κ2) is 8.65. The van der Waals surface area contributed by atoms with E-state index in [0.29, 0.717) is 31.5 Å². The molecule has 3 aromatic heterocycles. The van der Waals surface area contributed by atoms with Crippen LogP contribution in [0.3, 0.4) is 0 Å². The fourth-order valence-corrected chi connectivity index (χ4v) is 3.31. The largest absolute Gasteiger partial charge is 0.325 e. The van der Waals surface area contributed by atoms with Gasteiger partial charge in [-0.25, -0.2) is 9.97 Å². The van der Waals surface area contributed by atoms with Crippen molar-refractivity contribution in [1.29, 1.82) is 0 Å². The van der Waals surface area contributed by atoms with Crippen molar-refractivity contribution >= 4 is 22.8 Å². The van der Waals surface area contributed by atoms with Crippen LogP contribution >= 0.6 is 0 Å². The molecule has 4 aromatic rings. The summed E-state index contributed by atoms with van der Waals surface area (Å²) >= 11 is 0. The quantitative estimate of drug-likeness (QED) is 0.519. The number of imidazole rings is 1. The molecule has 0 aliphatic heterocycles. The number of aryl methyl sites for hydroxylation is 2. The summed E-state index contributed by atoms with van der Waals surface area (Å²) in [5.74, 6) is 0.936. The molecule has 0 fully saturated rings.